The second-order valence-corrected chi connectivity index (χ2v) is 7.77. The van der Waals surface area contributed by atoms with Gasteiger partial charge in [-0.25, -0.2) is 0 Å². The fourth-order valence-corrected chi connectivity index (χ4v) is 5.10. The van der Waals surface area contributed by atoms with Gasteiger partial charge in [0.25, 0.3) is 0 Å². The third-order valence-electron chi connectivity index (χ3n) is 6.30. The zero-order valence-electron chi connectivity index (χ0n) is 16.0. The molecule has 2 heterocycles. The molecule has 1 aliphatic carbocycles. The first-order valence-electron chi connectivity index (χ1n) is 9.57. The van der Waals surface area contributed by atoms with Gasteiger partial charge in [0.15, 0.2) is 0 Å². The van der Waals surface area contributed by atoms with Crippen LogP contribution in [0.3, 0.4) is 0 Å². The first kappa shape index (κ1) is 22.1. The minimum Gasteiger partial charge on any atom is -0.385 e. The summed E-state index contributed by atoms with van der Waals surface area (Å²) in [4.78, 5) is 12.9. The molecule has 4 nitrogen and oxygen atoms in total. The van der Waals surface area contributed by atoms with Crippen LogP contribution in [0, 0.1) is 11.3 Å². The number of halogens is 6. The molecule has 2 aliphatic heterocycles. The number of hydrogen-bond acceptors (Lipinski definition) is 3. The Kier molecular flexibility index (Phi) is 6.06. The third-order valence-corrected chi connectivity index (χ3v) is 6.30. The van der Waals surface area contributed by atoms with Crippen LogP contribution < -0.4 is 5.32 Å². The summed E-state index contributed by atoms with van der Waals surface area (Å²) < 4.78 is 85.6. The molecule has 1 N–H and O–H groups in total. The molecule has 0 aromatic rings. The van der Waals surface area contributed by atoms with E-state index in [1.54, 1.807) is 6.08 Å². The van der Waals surface area contributed by atoms with Crippen molar-refractivity contribution in [3.8, 4) is 0 Å². The molecule has 3 atom stereocenters. The van der Waals surface area contributed by atoms with Gasteiger partial charge >= 0.3 is 18.3 Å². The lowest BCUT2D eigenvalue weighted by Gasteiger charge is -2.55. The predicted molar refractivity (Wildman–Crippen MR) is 92.9 cm³/mol. The number of nitrogens with zero attached hydrogens (tertiary/aromatic N) is 1. The summed E-state index contributed by atoms with van der Waals surface area (Å²) in [5, 5.41) is 3.15. The normalized spacial score (nSPS) is 30.7. The standard InChI is InChI=1S/C19H24F6N2O2/c1-29-9-6-14-11-26-7-4-12-5-8-27(16(28)19(23,24)25)15-3-2-13(18(20,21)22)10-17(12,14)15/h4,10,14-15,26H,2-3,5-9,11H2,1H3. The van der Waals surface area contributed by atoms with Gasteiger partial charge in [-0.1, -0.05) is 17.7 Å². The largest absolute Gasteiger partial charge is 0.471 e. The maximum absolute atomic E-state index is 13.6. The molecule has 0 saturated carbocycles. The maximum Gasteiger partial charge on any atom is 0.471 e. The molecular formula is C19H24F6N2O2. The summed E-state index contributed by atoms with van der Waals surface area (Å²) in [7, 11) is 1.47. The van der Waals surface area contributed by atoms with Crippen LogP contribution >= 0.6 is 0 Å². The predicted octanol–water partition coefficient (Wildman–Crippen LogP) is 3.60. The number of carbonyl (C=O) groups excluding carboxylic acids is 1. The summed E-state index contributed by atoms with van der Waals surface area (Å²) >= 11 is 0. The number of amides is 1. The lowest BCUT2D eigenvalue weighted by Crippen LogP contribution is -2.61. The van der Waals surface area contributed by atoms with Crippen LogP contribution in [0.15, 0.2) is 23.3 Å². The number of likely N-dealkylation sites (tertiary alicyclic amines) is 1. The Bertz CT molecular complexity index is 700. The van der Waals surface area contributed by atoms with Gasteiger partial charge in [-0.15, -0.1) is 0 Å². The smallest absolute Gasteiger partial charge is 0.385 e. The number of rotatable bonds is 3. The Labute approximate surface area is 164 Å². The molecule has 3 rings (SSSR count). The van der Waals surface area contributed by atoms with Crippen molar-refractivity contribution in [1.29, 1.82) is 0 Å². The molecule has 3 unspecified atom stereocenters. The van der Waals surface area contributed by atoms with Crippen molar-refractivity contribution in [3.63, 3.8) is 0 Å². The van der Waals surface area contributed by atoms with Crippen LogP contribution in [0.25, 0.3) is 0 Å². The number of alkyl halides is 6. The minimum absolute atomic E-state index is 0.116. The number of ether oxygens (including phenoxy) is 1. The van der Waals surface area contributed by atoms with Crippen molar-refractivity contribution in [3.05, 3.63) is 23.3 Å². The van der Waals surface area contributed by atoms with Crippen LogP contribution in [-0.2, 0) is 9.53 Å². The Morgan fingerprint density at radius 2 is 2.00 bits per heavy atom. The highest BCUT2D eigenvalue weighted by Crippen LogP contribution is 2.55. The lowest BCUT2D eigenvalue weighted by atomic mass is 9.57. The number of carbonyl (C=O) groups is 1. The zero-order valence-corrected chi connectivity index (χ0v) is 16.0. The van der Waals surface area contributed by atoms with Crippen molar-refractivity contribution >= 4 is 5.91 Å². The van der Waals surface area contributed by atoms with E-state index in [0.717, 1.165) is 11.0 Å². The van der Waals surface area contributed by atoms with Crippen LogP contribution in [0.4, 0.5) is 26.3 Å². The van der Waals surface area contributed by atoms with E-state index in [4.69, 9.17) is 4.74 Å². The van der Waals surface area contributed by atoms with Crippen molar-refractivity contribution in [1.82, 2.24) is 10.2 Å². The molecule has 0 aromatic heterocycles. The van der Waals surface area contributed by atoms with Crippen LogP contribution in [0.2, 0.25) is 0 Å². The average molecular weight is 426 g/mol. The van der Waals surface area contributed by atoms with Crippen LogP contribution in [0.5, 0.6) is 0 Å². The third kappa shape index (κ3) is 4.05. The number of hydrogen-bond donors (Lipinski definition) is 1. The first-order valence-corrected chi connectivity index (χ1v) is 9.57. The monoisotopic (exact) mass is 426 g/mol. The van der Waals surface area contributed by atoms with E-state index < -0.39 is 47.6 Å². The van der Waals surface area contributed by atoms with E-state index in [0.29, 0.717) is 25.1 Å². The van der Waals surface area contributed by atoms with Gasteiger partial charge in [-0.3, -0.25) is 4.79 Å². The van der Waals surface area contributed by atoms with Crippen molar-refractivity contribution in [2.24, 2.45) is 11.3 Å². The van der Waals surface area contributed by atoms with Gasteiger partial charge in [-0.05, 0) is 38.1 Å². The Morgan fingerprint density at radius 3 is 2.62 bits per heavy atom. The van der Waals surface area contributed by atoms with E-state index in [2.05, 4.69) is 5.32 Å². The molecule has 1 amide bonds. The lowest BCUT2D eigenvalue weighted by molar-refractivity contribution is -0.192. The number of nitrogens with one attached hydrogen (secondary N) is 1. The number of allylic oxidation sites excluding steroid dienone is 1. The van der Waals surface area contributed by atoms with Gasteiger partial charge in [0, 0.05) is 43.8 Å². The molecule has 3 aliphatic rings. The zero-order chi connectivity index (χ0) is 21.4. The minimum atomic E-state index is -5.07. The highest BCUT2D eigenvalue weighted by atomic mass is 19.4. The number of methoxy groups -OCH3 is 1. The molecule has 1 saturated heterocycles. The second-order valence-electron chi connectivity index (χ2n) is 7.77. The summed E-state index contributed by atoms with van der Waals surface area (Å²) in [5.74, 6) is -2.41. The Balaban J connectivity index is 2.15. The molecule has 0 bridgehead atoms. The average Bonchev–Trinajstić information content (AvgIpc) is 2.81. The van der Waals surface area contributed by atoms with Crippen LogP contribution in [0.1, 0.15) is 25.7 Å². The highest BCUT2D eigenvalue weighted by molar-refractivity contribution is 5.82. The maximum atomic E-state index is 13.6. The van der Waals surface area contributed by atoms with E-state index >= 15 is 0 Å². The van der Waals surface area contributed by atoms with Crippen molar-refractivity contribution in [2.45, 2.75) is 44.1 Å². The molecule has 1 fully saturated rings. The molecule has 10 heteroatoms. The topological polar surface area (TPSA) is 41.6 Å². The van der Waals surface area contributed by atoms with E-state index in [1.807, 2.05) is 0 Å². The molecule has 1 spiro atoms. The second kappa shape index (κ2) is 7.94. The Hall–Kier alpha value is -1.55. The van der Waals surface area contributed by atoms with Crippen molar-refractivity contribution in [2.75, 3.05) is 33.4 Å². The number of piperidine rings is 1. The summed E-state index contributed by atoms with van der Waals surface area (Å²) in [6.45, 7) is 0.866. The Morgan fingerprint density at radius 1 is 1.28 bits per heavy atom. The molecule has 164 valence electrons. The summed E-state index contributed by atoms with van der Waals surface area (Å²) in [5.41, 5.74) is -1.34. The quantitative estimate of drug-likeness (QED) is 0.554. The van der Waals surface area contributed by atoms with Gasteiger partial charge in [-0.2, -0.15) is 26.3 Å². The fourth-order valence-electron chi connectivity index (χ4n) is 5.10. The molecule has 0 aromatic carbocycles. The highest BCUT2D eigenvalue weighted by Gasteiger charge is 2.58. The van der Waals surface area contributed by atoms with Crippen LogP contribution in [-0.4, -0.2) is 62.6 Å². The van der Waals surface area contributed by atoms with Gasteiger partial charge < -0.3 is 15.0 Å². The SMILES string of the molecule is COCCC1CNCC=C2CCN(C(=O)C(F)(F)F)C3CCC(C(F)(F)F)=CC213. The van der Waals surface area contributed by atoms with E-state index in [-0.39, 0.29) is 26.0 Å². The summed E-state index contributed by atoms with van der Waals surface area (Å²) in [6.07, 6.45) is -6.81. The first-order chi connectivity index (χ1) is 13.5. The molecular weight excluding hydrogens is 402 g/mol. The van der Waals surface area contributed by atoms with E-state index in [9.17, 15) is 31.1 Å². The van der Waals surface area contributed by atoms with Gasteiger partial charge in [0.2, 0.25) is 0 Å². The van der Waals surface area contributed by atoms with Gasteiger partial charge in [0.1, 0.15) is 0 Å². The fraction of sp³-hybridized carbons (Fsp3) is 0.737. The van der Waals surface area contributed by atoms with E-state index in [1.165, 1.54) is 7.11 Å². The molecule has 29 heavy (non-hydrogen) atoms. The van der Waals surface area contributed by atoms with Gasteiger partial charge in [0.05, 0.1) is 0 Å². The molecule has 0 radical (unpaired) electrons. The van der Waals surface area contributed by atoms with Crippen molar-refractivity contribution < 1.29 is 35.9 Å². The summed E-state index contributed by atoms with van der Waals surface area (Å²) in [6, 6.07) is -0.968.